The number of rotatable bonds is 6. The summed E-state index contributed by atoms with van der Waals surface area (Å²) in [6.45, 7) is 4.03. The van der Waals surface area contributed by atoms with Gasteiger partial charge in [-0.15, -0.1) is 0 Å². The van der Waals surface area contributed by atoms with E-state index in [1.807, 2.05) is 13.8 Å². The summed E-state index contributed by atoms with van der Waals surface area (Å²) in [4.78, 5) is 23.0. The fourth-order valence-electron chi connectivity index (χ4n) is 1.48. The van der Waals surface area contributed by atoms with Gasteiger partial charge in [0.05, 0.1) is 17.9 Å². The summed E-state index contributed by atoms with van der Waals surface area (Å²) in [6, 6.07) is -0.549. The van der Waals surface area contributed by atoms with Gasteiger partial charge in [0, 0.05) is 13.2 Å². The van der Waals surface area contributed by atoms with Crippen LogP contribution in [0.1, 0.15) is 20.3 Å². The van der Waals surface area contributed by atoms with Gasteiger partial charge in [-0.25, -0.2) is 0 Å². The molecule has 7 heteroatoms. The lowest BCUT2D eigenvalue weighted by Crippen LogP contribution is -2.40. The van der Waals surface area contributed by atoms with Gasteiger partial charge in [0.1, 0.15) is 6.54 Å². The third-order valence-corrected chi connectivity index (χ3v) is 3.04. The molecule has 0 saturated carbocycles. The lowest BCUT2D eigenvalue weighted by atomic mass is 9.99. The highest BCUT2D eigenvalue weighted by molar-refractivity contribution is 5.94. The van der Waals surface area contributed by atoms with E-state index in [4.69, 9.17) is 5.73 Å². The van der Waals surface area contributed by atoms with Crippen LogP contribution in [0.4, 0.5) is 5.69 Å². The molecule has 7 nitrogen and oxygen atoms in total. The first kappa shape index (κ1) is 15.2. The number of nitrogens with zero attached hydrogens (tertiary/aromatic N) is 2. The molecule has 0 fully saturated rings. The van der Waals surface area contributed by atoms with Gasteiger partial charge in [0.2, 0.25) is 11.8 Å². The molecule has 0 radical (unpaired) electrons. The number of carbonyl (C=O) groups excluding carboxylic acids is 2. The molecule has 0 aliphatic carbocycles. The predicted molar refractivity (Wildman–Crippen MR) is 72.4 cm³/mol. The highest BCUT2D eigenvalue weighted by atomic mass is 16.2. The van der Waals surface area contributed by atoms with E-state index in [0.29, 0.717) is 5.69 Å². The Morgan fingerprint density at radius 1 is 1.53 bits per heavy atom. The van der Waals surface area contributed by atoms with E-state index < -0.39 is 6.04 Å². The SMILES string of the molecule is CC[C@H](C)[C@H](N)C(=O)Nc1cnn(CC(=O)NC)c1. The van der Waals surface area contributed by atoms with Gasteiger partial charge in [-0.05, 0) is 5.92 Å². The number of nitrogens with two attached hydrogens (primary N) is 1. The number of hydrogen-bond acceptors (Lipinski definition) is 4. The van der Waals surface area contributed by atoms with Crippen molar-refractivity contribution in [1.82, 2.24) is 15.1 Å². The van der Waals surface area contributed by atoms with E-state index in [2.05, 4.69) is 15.7 Å². The molecule has 2 amide bonds. The van der Waals surface area contributed by atoms with Crippen LogP contribution in [0.2, 0.25) is 0 Å². The second-order valence-electron chi connectivity index (χ2n) is 4.50. The average molecular weight is 267 g/mol. The first-order valence-electron chi connectivity index (χ1n) is 6.27. The molecule has 1 heterocycles. The molecule has 106 valence electrons. The quantitative estimate of drug-likeness (QED) is 0.672. The molecule has 0 aliphatic heterocycles. The van der Waals surface area contributed by atoms with Gasteiger partial charge in [-0.3, -0.25) is 14.3 Å². The summed E-state index contributed by atoms with van der Waals surface area (Å²) >= 11 is 0. The maximum absolute atomic E-state index is 11.8. The zero-order valence-electron chi connectivity index (χ0n) is 11.5. The summed E-state index contributed by atoms with van der Waals surface area (Å²) in [5.74, 6) is -0.285. The van der Waals surface area contributed by atoms with Crippen LogP contribution >= 0.6 is 0 Å². The highest BCUT2D eigenvalue weighted by Gasteiger charge is 2.19. The minimum Gasteiger partial charge on any atom is -0.358 e. The number of hydrogen-bond donors (Lipinski definition) is 3. The topological polar surface area (TPSA) is 102 Å². The molecule has 0 bridgehead atoms. The van der Waals surface area contributed by atoms with Crippen LogP contribution in [0.3, 0.4) is 0 Å². The third kappa shape index (κ3) is 4.36. The lowest BCUT2D eigenvalue weighted by Gasteiger charge is -2.16. The monoisotopic (exact) mass is 267 g/mol. The first-order valence-corrected chi connectivity index (χ1v) is 6.27. The molecular formula is C12H21N5O2. The van der Waals surface area contributed by atoms with Crippen LogP contribution in [0.15, 0.2) is 12.4 Å². The summed E-state index contributed by atoms with van der Waals surface area (Å²) in [5, 5.41) is 9.17. The van der Waals surface area contributed by atoms with Crippen molar-refractivity contribution in [3.05, 3.63) is 12.4 Å². The second kappa shape index (κ2) is 6.89. The smallest absolute Gasteiger partial charge is 0.241 e. The molecule has 1 aromatic heterocycles. The maximum Gasteiger partial charge on any atom is 0.241 e. The van der Waals surface area contributed by atoms with Crippen LogP contribution in [0.25, 0.3) is 0 Å². The van der Waals surface area contributed by atoms with Crippen molar-refractivity contribution < 1.29 is 9.59 Å². The summed E-state index contributed by atoms with van der Waals surface area (Å²) in [7, 11) is 1.56. The van der Waals surface area contributed by atoms with Crippen molar-refractivity contribution in [2.45, 2.75) is 32.9 Å². The van der Waals surface area contributed by atoms with Crippen molar-refractivity contribution in [1.29, 1.82) is 0 Å². The number of anilines is 1. The highest BCUT2D eigenvalue weighted by Crippen LogP contribution is 2.10. The average Bonchev–Trinajstić information content (AvgIpc) is 2.83. The van der Waals surface area contributed by atoms with E-state index >= 15 is 0 Å². The Morgan fingerprint density at radius 2 is 2.21 bits per heavy atom. The van der Waals surface area contributed by atoms with E-state index in [1.165, 1.54) is 10.9 Å². The minimum atomic E-state index is -0.549. The molecule has 0 spiro atoms. The Hall–Kier alpha value is -1.89. The molecule has 0 saturated heterocycles. The van der Waals surface area contributed by atoms with E-state index in [-0.39, 0.29) is 24.3 Å². The van der Waals surface area contributed by atoms with Crippen LogP contribution < -0.4 is 16.4 Å². The minimum absolute atomic E-state index is 0.112. The fourth-order valence-corrected chi connectivity index (χ4v) is 1.48. The summed E-state index contributed by atoms with van der Waals surface area (Å²) in [5.41, 5.74) is 6.36. The predicted octanol–water partition coefficient (Wildman–Crippen LogP) is -0.0590. The van der Waals surface area contributed by atoms with Gasteiger partial charge in [0.15, 0.2) is 0 Å². The Balaban J connectivity index is 2.58. The van der Waals surface area contributed by atoms with E-state index in [9.17, 15) is 9.59 Å². The number of carbonyl (C=O) groups is 2. The zero-order chi connectivity index (χ0) is 14.4. The molecule has 19 heavy (non-hydrogen) atoms. The van der Waals surface area contributed by atoms with Crippen LogP contribution in [0.5, 0.6) is 0 Å². The Labute approximate surface area is 112 Å². The van der Waals surface area contributed by atoms with Gasteiger partial charge < -0.3 is 16.4 Å². The summed E-state index contributed by atoms with van der Waals surface area (Å²) < 4.78 is 1.45. The van der Waals surface area contributed by atoms with Crippen molar-refractivity contribution in [3.8, 4) is 0 Å². The van der Waals surface area contributed by atoms with Crippen molar-refractivity contribution >= 4 is 17.5 Å². The van der Waals surface area contributed by atoms with E-state index in [1.54, 1.807) is 13.2 Å². The molecule has 0 unspecified atom stereocenters. The van der Waals surface area contributed by atoms with Gasteiger partial charge in [-0.1, -0.05) is 20.3 Å². The molecular weight excluding hydrogens is 246 g/mol. The number of likely N-dealkylation sites (N-methyl/N-ethyl adjacent to an activating group) is 1. The maximum atomic E-state index is 11.8. The normalized spacial score (nSPS) is 13.7. The van der Waals surface area contributed by atoms with E-state index in [0.717, 1.165) is 6.42 Å². The first-order chi connectivity index (χ1) is 8.97. The van der Waals surface area contributed by atoms with Gasteiger partial charge in [-0.2, -0.15) is 5.10 Å². The van der Waals surface area contributed by atoms with Gasteiger partial charge >= 0.3 is 0 Å². The van der Waals surface area contributed by atoms with Crippen LogP contribution in [0, 0.1) is 5.92 Å². The molecule has 0 aromatic carbocycles. The van der Waals surface area contributed by atoms with Crippen molar-refractivity contribution in [2.75, 3.05) is 12.4 Å². The fraction of sp³-hybridized carbons (Fsp3) is 0.583. The van der Waals surface area contributed by atoms with Crippen molar-refractivity contribution in [3.63, 3.8) is 0 Å². The number of nitrogens with one attached hydrogen (secondary N) is 2. The van der Waals surface area contributed by atoms with Gasteiger partial charge in [0.25, 0.3) is 0 Å². The standard InChI is InChI=1S/C12H21N5O2/c1-4-8(2)11(13)12(19)16-9-5-15-17(6-9)7-10(18)14-3/h5-6,8,11H,4,7,13H2,1-3H3,(H,14,18)(H,16,19)/t8-,11-/m0/s1. The molecule has 0 aliphatic rings. The Kier molecular flexibility index (Phi) is 5.50. The number of aromatic nitrogens is 2. The summed E-state index contributed by atoms with van der Waals surface area (Å²) in [6.07, 6.45) is 3.92. The third-order valence-electron chi connectivity index (χ3n) is 3.04. The zero-order valence-corrected chi connectivity index (χ0v) is 11.5. The number of amides is 2. The largest absolute Gasteiger partial charge is 0.358 e. The Morgan fingerprint density at radius 3 is 2.79 bits per heavy atom. The Bertz CT molecular complexity index is 443. The second-order valence-corrected chi connectivity index (χ2v) is 4.50. The molecule has 4 N–H and O–H groups in total. The molecule has 1 rings (SSSR count). The molecule has 1 aromatic rings. The van der Waals surface area contributed by atoms with Crippen LogP contribution in [-0.2, 0) is 16.1 Å². The van der Waals surface area contributed by atoms with Crippen molar-refractivity contribution in [2.24, 2.45) is 11.7 Å². The molecule has 2 atom stereocenters. The van der Waals surface area contributed by atoms with Crippen LogP contribution in [-0.4, -0.2) is 34.7 Å². The lowest BCUT2D eigenvalue weighted by molar-refractivity contribution is -0.121.